The van der Waals surface area contributed by atoms with Crippen molar-refractivity contribution in [2.24, 2.45) is 10.8 Å². The molecule has 3 aliphatic heterocycles. The Morgan fingerprint density at radius 2 is 2.24 bits per heavy atom. The van der Waals surface area contributed by atoms with E-state index in [4.69, 9.17) is 9.47 Å². The van der Waals surface area contributed by atoms with Gasteiger partial charge in [0.05, 0.1) is 37.2 Å². The molecule has 1 amide bonds. The Labute approximate surface area is 147 Å². The van der Waals surface area contributed by atoms with Gasteiger partial charge < -0.3 is 19.9 Å². The molecule has 2 unspecified atom stereocenters. The molecule has 4 rings (SSSR count). The van der Waals surface area contributed by atoms with E-state index in [1.807, 2.05) is 6.92 Å². The zero-order valence-electron chi connectivity index (χ0n) is 14.8. The van der Waals surface area contributed by atoms with Crippen LogP contribution in [0.5, 0.6) is 0 Å². The average Bonchev–Trinajstić information content (AvgIpc) is 2.93. The SMILES string of the molecule is CCc1n[nH]c2c1C(=O)NCC1(CCOC(CC3(CO)COC3)C1)C2. The van der Waals surface area contributed by atoms with E-state index in [1.165, 1.54) is 0 Å². The Kier molecular flexibility index (Phi) is 4.33. The highest BCUT2D eigenvalue weighted by Crippen LogP contribution is 2.43. The average molecular weight is 349 g/mol. The van der Waals surface area contributed by atoms with Crippen molar-refractivity contribution in [3.63, 3.8) is 0 Å². The number of carbonyl (C=O) groups is 1. The molecule has 138 valence electrons. The van der Waals surface area contributed by atoms with Gasteiger partial charge in [0.15, 0.2) is 0 Å². The normalized spacial score (nSPS) is 31.1. The zero-order chi connectivity index (χ0) is 17.5. The number of aryl methyl sites for hydroxylation is 1. The lowest BCUT2D eigenvalue weighted by atomic mass is 9.70. The van der Waals surface area contributed by atoms with Gasteiger partial charge in [-0.1, -0.05) is 6.92 Å². The Morgan fingerprint density at radius 3 is 2.92 bits per heavy atom. The van der Waals surface area contributed by atoms with Crippen LogP contribution in [0.4, 0.5) is 0 Å². The number of H-pyrrole nitrogens is 1. The molecule has 2 saturated heterocycles. The Morgan fingerprint density at radius 1 is 1.40 bits per heavy atom. The molecule has 0 radical (unpaired) electrons. The minimum Gasteiger partial charge on any atom is -0.396 e. The van der Waals surface area contributed by atoms with Crippen molar-refractivity contribution in [3.8, 4) is 0 Å². The van der Waals surface area contributed by atoms with Crippen LogP contribution in [0.15, 0.2) is 0 Å². The molecular formula is C18H27N3O4. The summed E-state index contributed by atoms with van der Waals surface area (Å²) in [5.74, 6) is -0.0141. The molecule has 0 bridgehead atoms. The zero-order valence-corrected chi connectivity index (χ0v) is 14.8. The van der Waals surface area contributed by atoms with Gasteiger partial charge in [-0.15, -0.1) is 0 Å². The maximum Gasteiger partial charge on any atom is 0.255 e. The molecule has 1 spiro atoms. The molecule has 7 nitrogen and oxygen atoms in total. The smallest absolute Gasteiger partial charge is 0.255 e. The van der Waals surface area contributed by atoms with E-state index in [9.17, 15) is 9.90 Å². The van der Waals surface area contributed by atoms with Crippen molar-refractivity contribution in [1.29, 1.82) is 0 Å². The quantitative estimate of drug-likeness (QED) is 0.748. The van der Waals surface area contributed by atoms with Crippen molar-refractivity contribution in [2.75, 3.05) is 33.0 Å². The molecule has 2 fully saturated rings. The molecule has 3 N–H and O–H groups in total. The molecule has 1 aromatic heterocycles. The third kappa shape index (κ3) is 2.98. The summed E-state index contributed by atoms with van der Waals surface area (Å²) in [5, 5.41) is 20.3. The number of nitrogens with one attached hydrogen (secondary N) is 2. The molecule has 3 aliphatic rings. The molecule has 0 saturated carbocycles. The summed E-state index contributed by atoms with van der Waals surface area (Å²) in [6.07, 6.45) is 4.28. The van der Waals surface area contributed by atoms with Gasteiger partial charge in [-0.05, 0) is 37.5 Å². The van der Waals surface area contributed by atoms with Crippen molar-refractivity contribution >= 4 is 5.91 Å². The number of ether oxygens (including phenoxy) is 2. The molecule has 1 aromatic rings. The molecule has 2 atom stereocenters. The lowest BCUT2D eigenvalue weighted by Crippen LogP contribution is -2.51. The van der Waals surface area contributed by atoms with Crippen molar-refractivity contribution in [1.82, 2.24) is 15.5 Å². The monoisotopic (exact) mass is 349 g/mol. The van der Waals surface area contributed by atoms with E-state index in [0.29, 0.717) is 26.4 Å². The van der Waals surface area contributed by atoms with Gasteiger partial charge in [0.1, 0.15) is 0 Å². The molecular weight excluding hydrogens is 322 g/mol. The van der Waals surface area contributed by atoms with Gasteiger partial charge in [0, 0.05) is 24.3 Å². The molecule has 0 aromatic carbocycles. The summed E-state index contributed by atoms with van der Waals surface area (Å²) in [6.45, 7) is 4.73. The number of amides is 1. The van der Waals surface area contributed by atoms with Crippen molar-refractivity contribution in [2.45, 2.75) is 45.1 Å². The highest BCUT2D eigenvalue weighted by atomic mass is 16.5. The van der Waals surface area contributed by atoms with Crippen LogP contribution in [0.3, 0.4) is 0 Å². The molecule has 4 heterocycles. The first-order valence-corrected chi connectivity index (χ1v) is 9.23. The van der Waals surface area contributed by atoms with Gasteiger partial charge in [0.2, 0.25) is 0 Å². The van der Waals surface area contributed by atoms with E-state index < -0.39 is 0 Å². The molecule has 7 heteroatoms. The summed E-state index contributed by atoms with van der Waals surface area (Å²) in [7, 11) is 0. The lowest BCUT2D eigenvalue weighted by Gasteiger charge is -2.46. The van der Waals surface area contributed by atoms with Crippen LogP contribution >= 0.6 is 0 Å². The number of nitrogens with zero attached hydrogens (tertiary/aromatic N) is 1. The van der Waals surface area contributed by atoms with Crippen molar-refractivity contribution in [3.05, 3.63) is 17.0 Å². The maximum atomic E-state index is 12.5. The van der Waals surface area contributed by atoms with Gasteiger partial charge in [-0.2, -0.15) is 5.10 Å². The van der Waals surface area contributed by atoms with E-state index in [0.717, 1.165) is 49.1 Å². The number of fused-ring (bicyclic) bond motifs is 1. The fourth-order valence-electron chi connectivity index (χ4n) is 4.55. The number of hydrogen-bond donors (Lipinski definition) is 3. The summed E-state index contributed by atoms with van der Waals surface area (Å²) in [5.41, 5.74) is 2.38. The van der Waals surface area contributed by atoms with E-state index in [-0.39, 0.29) is 29.4 Å². The number of aliphatic hydroxyl groups excluding tert-OH is 1. The van der Waals surface area contributed by atoms with Crippen LogP contribution < -0.4 is 5.32 Å². The van der Waals surface area contributed by atoms with Crippen molar-refractivity contribution < 1.29 is 19.4 Å². The highest BCUT2D eigenvalue weighted by Gasteiger charge is 2.46. The standard InChI is InChI=1S/C18H27N3O4/c1-2-13-15-14(21-20-13)7-17(8-19-16(15)23)3-4-25-12(5-17)6-18(9-22)10-24-11-18/h12,22H,2-11H2,1H3,(H,19,23)(H,20,21). The predicted octanol–water partition coefficient (Wildman–Crippen LogP) is 0.822. The summed E-state index contributed by atoms with van der Waals surface area (Å²) in [4.78, 5) is 12.5. The second kappa shape index (κ2) is 6.37. The second-order valence-corrected chi connectivity index (χ2v) is 8.04. The second-order valence-electron chi connectivity index (χ2n) is 8.04. The molecule has 25 heavy (non-hydrogen) atoms. The van der Waals surface area contributed by atoms with E-state index in [1.54, 1.807) is 0 Å². The maximum absolute atomic E-state index is 12.5. The number of aromatic nitrogens is 2. The van der Waals surface area contributed by atoms with E-state index >= 15 is 0 Å². The van der Waals surface area contributed by atoms with Crippen LogP contribution in [0.2, 0.25) is 0 Å². The van der Waals surface area contributed by atoms with Gasteiger partial charge >= 0.3 is 0 Å². The van der Waals surface area contributed by atoms with Crippen LogP contribution in [-0.4, -0.2) is 60.3 Å². The van der Waals surface area contributed by atoms with Gasteiger partial charge in [-0.25, -0.2) is 0 Å². The third-order valence-corrected chi connectivity index (χ3v) is 6.11. The van der Waals surface area contributed by atoms with Crippen LogP contribution in [0, 0.1) is 10.8 Å². The first-order valence-electron chi connectivity index (χ1n) is 9.23. The van der Waals surface area contributed by atoms with E-state index in [2.05, 4.69) is 15.5 Å². The summed E-state index contributed by atoms with van der Waals surface area (Å²) >= 11 is 0. The number of aliphatic hydroxyl groups is 1. The minimum absolute atomic E-state index is 0.0113. The lowest BCUT2D eigenvalue weighted by molar-refractivity contribution is -0.169. The topological polar surface area (TPSA) is 96.5 Å². The largest absolute Gasteiger partial charge is 0.396 e. The van der Waals surface area contributed by atoms with Crippen LogP contribution in [0.25, 0.3) is 0 Å². The Bertz CT molecular complexity index is 649. The van der Waals surface area contributed by atoms with Gasteiger partial charge in [0.25, 0.3) is 5.91 Å². The first kappa shape index (κ1) is 17.0. The highest BCUT2D eigenvalue weighted by molar-refractivity contribution is 5.96. The number of aromatic amines is 1. The predicted molar refractivity (Wildman–Crippen MR) is 90.4 cm³/mol. The Balaban J connectivity index is 1.53. The number of rotatable bonds is 4. The Hall–Kier alpha value is -1.44. The number of hydrogen-bond acceptors (Lipinski definition) is 5. The summed E-state index contributed by atoms with van der Waals surface area (Å²) in [6, 6.07) is 0. The fraction of sp³-hybridized carbons (Fsp3) is 0.778. The third-order valence-electron chi connectivity index (χ3n) is 6.11. The first-order chi connectivity index (χ1) is 12.1. The molecule has 0 aliphatic carbocycles. The fourth-order valence-corrected chi connectivity index (χ4v) is 4.55. The van der Waals surface area contributed by atoms with Crippen LogP contribution in [0.1, 0.15) is 47.9 Å². The minimum atomic E-state index is -0.147. The van der Waals surface area contributed by atoms with Crippen LogP contribution in [-0.2, 0) is 22.3 Å². The summed E-state index contributed by atoms with van der Waals surface area (Å²) < 4.78 is 11.3. The van der Waals surface area contributed by atoms with Gasteiger partial charge in [-0.3, -0.25) is 9.89 Å². The number of carbonyl (C=O) groups excluding carboxylic acids is 1.